The molecule has 2 N–H and O–H groups in total. The molecule has 2 amide bonds. The summed E-state index contributed by atoms with van der Waals surface area (Å²) < 4.78 is 5.64. The maximum Gasteiger partial charge on any atom is 0.407 e. The van der Waals surface area contributed by atoms with Crippen molar-refractivity contribution in [2.24, 2.45) is 5.92 Å². The van der Waals surface area contributed by atoms with Crippen LogP contribution in [0.2, 0.25) is 0 Å². The Morgan fingerprint density at radius 2 is 1.74 bits per heavy atom. The number of hydrogen-bond acceptors (Lipinski definition) is 5. The molecule has 2 aromatic rings. The van der Waals surface area contributed by atoms with E-state index in [-0.39, 0.29) is 24.3 Å². The molecule has 0 radical (unpaired) electrons. The van der Waals surface area contributed by atoms with Crippen molar-refractivity contribution in [3.8, 4) is 11.1 Å². The normalized spacial score (nSPS) is 20.0. The Balaban J connectivity index is 1.45. The molecule has 4 rings (SSSR count). The summed E-state index contributed by atoms with van der Waals surface area (Å²) >= 11 is 1.57. The van der Waals surface area contributed by atoms with Gasteiger partial charge in [0.05, 0.1) is 0 Å². The number of alkyl carbamates (subject to hydrolysis) is 1. The molecule has 0 spiro atoms. The van der Waals surface area contributed by atoms with Gasteiger partial charge in [-0.3, -0.25) is 4.79 Å². The van der Waals surface area contributed by atoms with Gasteiger partial charge in [-0.2, -0.15) is 11.8 Å². The number of rotatable bonds is 8. The molecule has 0 bridgehead atoms. The van der Waals surface area contributed by atoms with Gasteiger partial charge in [0, 0.05) is 12.5 Å². The van der Waals surface area contributed by atoms with Crippen LogP contribution >= 0.6 is 11.8 Å². The number of piperidine rings is 1. The molecule has 3 unspecified atom stereocenters. The summed E-state index contributed by atoms with van der Waals surface area (Å²) in [6, 6.07) is 14.5. The fraction of sp³-hybridized carbons (Fsp3) is 0.444. The van der Waals surface area contributed by atoms with E-state index in [1.54, 1.807) is 11.8 Å². The summed E-state index contributed by atoms with van der Waals surface area (Å²) in [6.45, 7) is 2.39. The average molecular weight is 497 g/mol. The zero-order valence-corrected chi connectivity index (χ0v) is 20.9. The molecule has 2 aromatic carbocycles. The minimum absolute atomic E-state index is 0.0761. The summed E-state index contributed by atoms with van der Waals surface area (Å²) in [6.07, 6.45) is 3.18. The minimum atomic E-state index is -1.00. The van der Waals surface area contributed by atoms with Crippen LogP contribution < -0.4 is 5.32 Å². The zero-order chi connectivity index (χ0) is 24.9. The molecular formula is C27H32N2O5S. The molecule has 1 aliphatic carbocycles. The van der Waals surface area contributed by atoms with Crippen molar-refractivity contribution >= 4 is 29.7 Å². The van der Waals surface area contributed by atoms with Gasteiger partial charge in [-0.15, -0.1) is 0 Å². The Kier molecular flexibility index (Phi) is 8.00. The Hall–Kier alpha value is -3.00. The second-order valence-corrected chi connectivity index (χ2v) is 10.2. The lowest BCUT2D eigenvalue weighted by molar-refractivity contribution is -0.155. The SMILES string of the molecule is CSCCC(NC(=O)OCC1c2ccccc2-c2ccccc21)C(=O)N1CCCC(C)C1C(=O)O. The van der Waals surface area contributed by atoms with E-state index in [4.69, 9.17) is 4.74 Å². The minimum Gasteiger partial charge on any atom is -0.480 e. The molecule has 1 saturated heterocycles. The molecule has 1 heterocycles. The maximum absolute atomic E-state index is 13.4. The lowest BCUT2D eigenvalue weighted by Gasteiger charge is -2.39. The van der Waals surface area contributed by atoms with Crippen LogP contribution in [0.3, 0.4) is 0 Å². The number of ether oxygens (including phenoxy) is 1. The van der Waals surface area contributed by atoms with E-state index in [0.717, 1.165) is 35.1 Å². The number of carbonyl (C=O) groups is 3. The summed E-state index contributed by atoms with van der Waals surface area (Å²) in [7, 11) is 0. The molecule has 186 valence electrons. The number of nitrogens with zero attached hydrogens (tertiary/aromatic N) is 1. The van der Waals surface area contributed by atoms with Gasteiger partial charge in [0.25, 0.3) is 0 Å². The van der Waals surface area contributed by atoms with Crippen molar-refractivity contribution in [3.63, 3.8) is 0 Å². The Morgan fingerprint density at radius 3 is 2.34 bits per heavy atom. The first-order chi connectivity index (χ1) is 16.9. The standard InChI is InChI=1S/C27H32N2O5S/c1-17-8-7-14-29(24(17)26(31)32)25(30)23(13-15-35-2)28-27(33)34-16-22-20-11-5-3-9-18(20)19-10-4-6-12-21(19)22/h3-6,9-12,17,22-24H,7-8,13-16H2,1-2H3,(H,28,33)(H,31,32). The number of carbonyl (C=O) groups excluding carboxylic acids is 2. The van der Waals surface area contributed by atoms with Crippen molar-refractivity contribution in [3.05, 3.63) is 59.7 Å². The van der Waals surface area contributed by atoms with Crippen molar-refractivity contribution in [1.82, 2.24) is 10.2 Å². The molecule has 8 heteroatoms. The quantitative estimate of drug-likeness (QED) is 0.564. The number of thioether (sulfide) groups is 1. The van der Waals surface area contributed by atoms with Crippen LogP contribution in [0.1, 0.15) is 43.2 Å². The highest BCUT2D eigenvalue weighted by molar-refractivity contribution is 7.98. The van der Waals surface area contributed by atoms with Crippen molar-refractivity contribution in [1.29, 1.82) is 0 Å². The van der Waals surface area contributed by atoms with Crippen LogP contribution in [0.15, 0.2) is 48.5 Å². The van der Waals surface area contributed by atoms with Crippen LogP contribution in [0, 0.1) is 5.92 Å². The third-order valence-corrected chi connectivity index (χ3v) is 7.66. The maximum atomic E-state index is 13.4. The van der Waals surface area contributed by atoms with Crippen LogP contribution in [0.25, 0.3) is 11.1 Å². The third-order valence-electron chi connectivity index (χ3n) is 7.01. The molecule has 3 atom stereocenters. The number of benzene rings is 2. The van der Waals surface area contributed by atoms with E-state index >= 15 is 0 Å². The van der Waals surface area contributed by atoms with Gasteiger partial charge in [0.15, 0.2) is 0 Å². The molecule has 0 saturated carbocycles. The van der Waals surface area contributed by atoms with Gasteiger partial charge < -0.3 is 20.1 Å². The average Bonchev–Trinajstić information content (AvgIpc) is 3.18. The van der Waals surface area contributed by atoms with Gasteiger partial charge in [-0.1, -0.05) is 55.5 Å². The molecule has 0 aromatic heterocycles. The molecule has 2 aliphatic rings. The number of likely N-dealkylation sites (tertiary alicyclic amines) is 1. The number of carboxylic acids is 1. The fourth-order valence-corrected chi connectivity index (χ4v) is 5.76. The van der Waals surface area contributed by atoms with E-state index in [0.29, 0.717) is 18.7 Å². The lowest BCUT2D eigenvalue weighted by atomic mass is 9.90. The number of aliphatic carboxylic acids is 1. The van der Waals surface area contributed by atoms with Crippen molar-refractivity contribution < 1.29 is 24.2 Å². The number of nitrogens with one attached hydrogen (secondary N) is 1. The second-order valence-electron chi connectivity index (χ2n) is 9.24. The van der Waals surface area contributed by atoms with Gasteiger partial charge >= 0.3 is 12.1 Å². The van der Waals surface area contributed by atoms with Gasteiger partial charge in [-0.25, -0.2) is 9.59 Å². The largest absolute Gasteiger partial charge is 0.480 e. The van der Waals surface area contributed by atoms with Crippen molar-refractivity contribution in [2.45, 2.75) is 44.2 Å². The predicted molar refractivity (Wildman–Crippen MR) is 137 cm³/mol. The Bertz CT molecular complexity index is 1050. The van der Waals surface area contributed by atoms with Crippen LogP contribution in [0.5, 0.6) is 0 Å². The van der Waals surface area contributed by atoms with Gasteiger partial charge in [-0.05, 0) is 59.4 Å². The van der Waals surface area contributed by atoms with Crippen molar-refractivity contribution in [2.75, 3.05) is 25.2 Å². The Morgan fingerprint density at radius 1 is 1.11 bits per heavy atom. The number of fused-ring (bicyclic) bond motifs is 3. The van der Waals surface area contributed by atoms with E-state index in [1.165, 1.54) is 4.90 Å². The monoisotopic (exact) mass is 496 g/mol. The third kappa shape index (κ3) is 5.32. The van der Waals surface area contributed by atoms with Crippen LogP contribution in [0.4, 0.5) is 4.79 Å². The number of carboxylic acid groups (broad SMARTS) is 1. The van der Waals surface area contributed by atoms with Gasteiger partial charge in [0.2, 0.25) is 5.91 Å². The molecule has 1 aliphatic heterocycles. The van der Waals surface area contributed by atoms with Crippen LogP contribution in [-0.4, -0.2) is 65.2 Å². The lowest BCUT2D eigenvalue weighted by Crippen LogP contribution is -2.58. The highest BCUT2D eigenvalue weighted by atomic mass is 32.2. The van der Waals surface area contributed by atoms with Crippen LogP contribution in [-0.2, 0) is 14.3 Å². The summed E-state index contributed by atoms with van der Waals surface area (Å²) in [5.74, 6) is -0.920. The molecular weight excluding hydrogens is 464 g/mol. The first kappa shape index (κ1) is 25.1. The zero-order valence-electron chi connectivity index (χ0n) is 20.1. The molecule has 1 fully saturated rings. The van der Waals surface area contributed by atoms with E-state index in [9.17, 15) is 19.5 Å². The summed E-state index contributed by atoms with van der Waals surface area (Å²) in [4.78, 5) is 39.5. The van der Waals surface area contributed by atoms with E-state index in [1.807, 2.05) is 37.4 Å². The number of amides is 2. The van der Waals surface area contributed by atoms with E-state index in [2.05, 4.69) is 29.6 Å². The highest BCUT2D eigenvalue weighted by Crippen LogP contribution is 2.44. The van der Waals surface area contributed by atoms with E-state index < -0.39 is 24.1 Å². The highest BCUT2D eigenvalue weighted by Gasteiger charge is 2.40. The molecule has 35 heavy (non-hydrogen) atoms. The first-order valence-electron chi connectivity index (χ1n) is 12.1. The van der Waals surface area contributed by atoms with Gasteiger partial charge in [0.1, 0.15) is 18.7 Å². The fourth-order valence-electron chi connectivity index (χ4n) is 5.29. The summed E-state index contributed by atoms with van der Waals surface area (Å²) in [5, 5.41) is 12.5. The first-order valence-corrected chi connectivity index (χ1v) is 13.5. The molecule has 7 nitrogen and oxygen atoms in total. The summed E-state index contributed by atoms with van der Waals surface area (Å²) in [5.41, 5.74) is 4.51. The Labute approximate surface area is 210 Å². The second kappa shape index (κ2) is 11.2. The number of hydrogen-bond donors (Lipinski definition) is 2. The predicted octanol–water partition coefficient (Wildman–Crippen LogP) is 4.36. The smallest absolute Gasteiger partial charge is 0.407 e. The topological polar surface area (TPSA) is 95.9 Å².